The number of para-hydroxylation sites is 1. The van der Waals surface area contributed by atoms with E-state index in [1.165, 1.54) is 36.2 Å². The van der Waals surface area contributed by atoms with Gasteiger partial charge in [0.25, 0.3) is 0 Å². The van der Waals surface area contributed by atoms with E-state index in [4.69, 9.17) is 16.3 Å². The van der Waals surface area contributed by atoms with E-state index in [0.29, 0.717) is 12.6 Å². The molecule has 0 saturated carbocycles. The zero-order valence-electron chi connectivity index (χ0n) is 18.4. The zero-order valence-corrected chi connectivity index (χ0v) is 19.2. The molecule has 0 aliphatic carbocycles. The van der Waals surface area contributed by atoms with Gasteiger partial charge in [-0.2, -0.15) is 0 Å². The number of hydrogen-bond acceptors (Lipinski definition) is 4. The lowest BCUT2D eigenvalue weighted by Gasteiger charge is -2.44. The summed E-state index contributed by atoms with van der Waals surface area (Å²) in [5.41, 5.74) is 5.23. The quantitative estimate of drug-likeness (QED) is 0.689. The molecule has 5 heteroatoms. The molecular weight excluding hydrogens is 406 g/mol. The Hall–Kier alpha value is -2.01. The molecule has 0 bridgehead atoms. The summed E-state index contributed by atoms with van der Waals surface area (Å²) in [5.74, 6) is 0.941. The third-order valence-electron chi connectivity index (χ3n) is 6.94. The van der Waals surface area contributed by atoms with Crippen molar-refractivity contribution < 1.29 is 4.74 Å². The third kappa shape index (κ3) is 4.77. The number of halogens is 1. The van der Waals surface area contributed by atoms with Crippen molar-refractivity contribution >= 4 is 23.4 Å². The number of aryl methyl sites for hydroxylation is 1. The minimum atomic E-state index is 0.666. The van der Waals surface area contributed by atoms with Gasteiger partial charge in [-0.15, -0.1) is 0 Å². The second-order valence-electron chi connectivity index (χ2n) is 9.11. The largest absolute Gasteiger partial charge is 0.489 e. The molecule has 31 heavy (non-hydrogen) atoms. The Morgan fingerprint density at radius 2 is 1.87 bits per heavy atom. The molecule has 164 valence electrons. The van der Waals surface area contributed by atoms with Gasteiger partial charge in [-0.1, -0.05) is 29.8 Å². The van der Waals surface area contributed by atoms with Crippen LogP contribution in [0.25, 0.3) is 6.08 Å². The van der Waals surface area contributed by atoms with Gasteiger partial charge in [0.05, 0.1) is 0 Å². The Morgan fingerprint density at radius 1 is 1.03 bits per heavy atom. The topological polar surface area (TPSA) is 19.0 Å². The van der Waals surface area contributed by atoms with Crippen molar-refractivity contribution in [1.29, 1.82) is 0 Å². The van der Waals surface area contributed by atoms with Gasteiger partial charge in [0.2, 0.25) is 0 Å². The molecule has 3 aliphatic heterocycles. The molecule has 5 rings (SSSR count). The van der Waals surface area contributed by atoms with E-state index in [1.54, 1.807) is 0 Å². The van der Waals surface area contributed by atoms with E-state index < -0.39 is 0 Å². The minimum Gasteiger partial charge on any atom is -0.489 e. The predicted molar refractivity (Wildman–Crippen MR) is 129 cm³/mol. The van der Waals surface area contributed by atoms with Gasteiger partial charge >= 0.3 is 0 Å². The van der Waals surface area contributed by atoms with Crippen LogP contribution >= 0.6 is 11.6 Å². The third-order valence-corrected chi connectivity index (χ3v) is 7.17. The van der Waals surface area contributed by atoms with Gasteiger partial charge in [0.1, 0.15) is 12.4 Å². The first-order chi connectivity index (χ1) is 15.2. The number of piperidine rings is 1. The van der Waals surface area contributed by atoms with Crippen molar-refractivity contribution in [2.75, 3.05) is 57.3 Å². The first-order valence-electron chi connectivity index (χ1n) is 11.5. The van der Waals surface area contributed by atoms with Crippen LogP contribution in [-0.2, 0) is 0 Å². The molecule has 2 aromatic carbocycles. The summed E-state index contributed by atoms with van der Waals surface area (Å²) < 4.78 is 5.97. The molecule has 0 radical (unpaired) electrons. The van der Waals surface area contributed by atoms with E-state index in [1.807, 2.05) is 18.2 Å². The van der Waals surface area contributed by atoms with Crippen molar-refractivity contribution in [3.63, 3.8) is 0 Å². The fourth-order valence-electron chi connectivity index (χ4n) is 5.29. The maximum atomic E-state index is 6.18. The van der Waals surface area contributed by atoms with Crippen LogP contribution in [0.4, 0.5) is 5.69 Å². The summed E-state index contributed by atoms with van der Waals surface area (Å²) in [6, 6.07) is 15.3. The van der Waals surface area contributed by atoms with Crippen LogP contribution in [0.3, 0.4) is 0 Å². The number of piperazine rings is 1. The Bertz CT molecular complexity index is 951. The molecule has 0 amide bonds. The van der Waals surface area contributed by atoms with Crippen molar-refractivity contribution in [2.45, 2.75) is 25.8 Å². The number of hydrogen-bond donors (Lipinski definition) is 0. The second-order valence-corrected chi connectivity index (χ2v) is 9.55. The average Bonchev–Trinajstić information content (AvgIpc) is 2.79. The number of anilines is 1. The van der Waals surface area contributed by atoms with Crippen LogP contribution in [-0.4, -0.2) is 68.3 Å². The van der Waals surface area contributed by atoms with Gasteiger partial charge in [-0.25, -0.2) is 0 Å². The molecule has 3 heterocycles. The van der Waals surface area contributed by atoms with Gasteiger partial charge in [-0.05, 0) is 67.8 Å². The Morgan fingerprint density at radius 3 is 2.71 bits per heavy atom. The smallest absolute Gasteiger partial charge is 0.127 e. The molecule has 0 N–H and O–H groups in total. The van der Waals surface area contributed by atoms with Gasteiger partial charge in [0, 0.05) is 61.6 Å². The van der Waals surface area contributed by atoms with Gasteiger partial charge < -0.3 is 9.64 Å². The SMILES string of the molecule is Cc1ccccc1N1CCN([C@@H]2CCCN(CC3=Cc4cc(Cl)ccc4OC3)C2)CC1. The van der Waals surface area contributed by atoms with Gasteiger partial charge in [-0.3, -0.25) is 9.80 Å². The van der Waals surface area contributed by atoms with Crippen LogP contribution < -0.4 is 9.64 Å². The molecular formula is C26H32ClN3O. The summed E-state index contributed by atoms with van der Waals surface area (Å²) in [7, 11) is 0. The van der Waals surface area contributed by atoms with E-state index in [0.717, 1.165) is 55.6 Å². The number of nitrogens with zero attached hydrogens (tertiary/aromatic N) is 3. The average molecular weight is 438 g/mol. The summed E-state index contributed by atoms with van der Waals surface area (Å²) in [6.45, 7) is 10.8. The molecule has 2 aromatic rings. The normalized spacial score (nSPS) is 22.6. The van der Waals surface area contributed by atoms with Crippen LogP contribution in [0.15, 0.2) is 48.0 Å². The lowest BCUT2D eigenvalue weighted by molar-refractivity contribution is 0.0964. The first kappa shape index (κ1) is 20.9. The maximum Gasteiger partial charge on any atom is 0.127 e. The van der Waals surface area contributed by atoms with E-state index in [2.05, 4.69) is 52.0 Å². The standard InChI is InChI=1S/C26H32ClN3O/c1-20-5-2-3-7-25(20)30-13-11-29(12-14-30)24-6-4-10-28(18-24)17-21-15-22-16-23(27)8-9-26(22)31-19-21/h2-3,5,7-9,15-16,24H,4,6,10-14,17-19H2,1H3/t24-/m1/s1. The molecule has 3 aliphatic rings. The summed E-state index contributed by atoms with van der Waals surface area (Å²) >= 11 is 6.18. The van der Waals surface area contributed by atoms with E-state index in [-0.39, 0.29) is 0 Å². The number of ether oxygens (including phenoxy) is 1. The highest BCUT2D eigenvalue weighted by Crippen LogP contribution is 2.30. The zero-order chi connectivity index (χ0) is 21.2. The van der Waals surface area contributed by atoms with E-state index in [9.17, 15) is 0 Å². The summed E-state index contributed by atoms with van der Waals surface area (Å²) in [4.78, 5) is 7.90. The Balaban J connectivity index is 1.17. The second kappa shape index (κ2) is 9.23. The molecule has 1 atom stereocenters. The van der Waals surface area contributed by atoms with Gasteiger partial charge in [0.15, 0.2) is 0 Å². The summed E-state index contributed by atoms with van der Waals surface area (Å²) in [5, 5.41) is 0.766. The highest BCUT2D eigenvalue weighted by atomic mass is 35.5. The fourth-order valence-corrected chi connectivity index (χ4v) is 5.47. The number of likely N-dealkylation sites (tertiary alicyclic amines) is 1. The molecule has 0 aromatic heterocycles. The Labute approximate surface area is 191 Å². The van der Waals surface area contributed by atoms with E-state index >= 15 is 0 Å². The highest BCUT2D eigenvalue weighted by molar-refractivity contribution is 6.30. The number of benzene rings is 2. The van der Waals surface area contributed by atoms with Crippen molar-refractivity contribution in [2.24, 2.45) is 0 Å². The first-order valence-corrected chi connectivity index (χ1v) is 11.9. The molecule has 0 spiro atoms. The molecule has 2 saturated heterocycles. The minimum absolute atomic E-state index is 0.666. The molecule has 0 unspecified atom stereocenters. The van der Waals surface area contributed by atoms with Crippen LogP contribution in [0.1, 0.15) is 24.0 Å². The maximum absolute atomic E-state index is 6.18. The van der Waals surface area contributed by atoms with Crippen molar-refractivity contribution in [3.05, 3.63) is 64.2 Å². The molecule has 4 nitrogen and oxygen atoms in total. The lowest BCUT2D eigenvalue weighted by Crippen LogP contribution is -2.55. The number of fused-ring (bicyclic) bond motifs is 1. The fraction of sp³-hybridized carbons (Fsp3) is 0.462. The molecule has 2 fully saturated rings. The predicted octanol–water partition coefficient (Wildman–Crippen LogP) is 4.71. The highest BCUT2D eigenvalue weighted by Gasteiger charge is 2.29. The van der Waals surface area contributed by atoms with Crippen LogP contribution in [0, 0.1) is 6.92 Å². The van der Waals surface area contributed by atoms with Crippen LogP contribution in [0.5, 0.6) is 5.75 Å². The monoisotopic (exact) mass is 437 g/mol. The van der Waals surface area contributed by atoms with Crippen molar-refractivity contribution in [3.8, 4) is 5.75 Å². The van der Waals surface area contributed by atoms with Crippen LogP contribution in [0.2, 0.25) is 5.02 Å². The lowest BCUT2D eigenvalue weighted by atomic mass is 10.0. The number of rotatable bonds is 4. The summed E-state index contributed by atoms with van der Waals surface area (Å²) in [6.07, 6.45) is 4.86. The Kier molecular flexibility index (Phi) is 6.22. The van der Waals surface area contributed by atoms with Crippen molar-refractivity contribution in [1.82, 2.24) is 9.80 Å².